The molecule has 208 valence electrons. The Balaban J connectivity index is 1.07. The molecule has 0 radical (unpaired) electrons. The molecule has 1 saturated carbocycles. The predicted octanol–water partition coefficient (Wildman–Crippen LogP) is 3.59. The first-order chi connectivity index (χ1) is 18.7. The van der Waals surface area contributed by atoms with E-state index in [2.05, 4.69) is 39.8 Å². The van der Waals surface area contributed by atoms with E-state index in [0.29, 0.717) is 35.4 Å². The molecule has 1 saturated heterocycles. The van der Waals surface area contributed by atoms with Gasteiger partial charge in [-0.05, 0) is 69.7 Å². The number of H-pyrrole nitrogens is 1. The van der Waals surface area contributed by atoms with Gasteiger partial charge in [-0.2, -0.15) is 0 Å². The lowest BCUT2D eigenvalue weighted by molar-refractivity contribution is -0.0620. The van der Waals surface area contributed by atoms with Gasteiger partial charge in [-0.1, -0.05) is 11.6 Å². The number of aliphatic hydroxyl groups excluding tert-OH is 2. The van der Waals surface area contributed by atoms with Crippen LogP contribution in [-0.4, -0.2) is 76.6 Å². The van der Waals surface area contributed by atoms with Crippen molar-refractivity contribution in [1.82, 2.24) is 29.4 Å². The summed E-state index contributed by atoms with van der Waals surface area (Å²) >= 11 is 6.26. The van der Waals surface area contributed by atoms with Gasteiger partial charge in [-0.25, -0.2) is 15.0 Å². The number of pyridine rings is 1. The van der Waals surface area contributed by atoms with E-state index in [4.69, 9.17) is 27.1 Å². The van der Waals surface area contributed by atoms with Crippen molar-refractivity contribution in [3.63, 3.8) is 0 Å². The summed E-state index contributed by atoms with van der Waals surface area (Å²) in [6.45, 7) is 6.87. The fourth-order valence-corrected chi connectivity index (χ4v) is 6.26. The first-order valence-corrected chi connectivity index (χ1v) is 14.1. The van der Waals surface area contributed by atoms with E-state index in [0.717, 1.165) is 53.1 Å². The van der Waals surface area contributed by atoms with Crippen LogP contribution in [0.4, 0.5) is 5.69 Å². The summed E-state index contributed by atoms with van der Waals surface area (Å²) in [5.41, 5.74) is 10.6. The lowest BCUT2D eigenvalue weighted by Crippen LogP contribution is -2.52. The number of imidazole rings is 2. The van der Waals surface area contributed by atoms with Crippen LogP contribution >= 0.6 is 11.6 Å². The Labute approximate surface area is 232 Å². The van der Waals surface area contributed by atoms with E-state index in [9.17, 15) is 10.2 Å². The largest absolute Gasteiger partial charge is 0.397 e. The second-order valence-corrected chi connectivity index (χ2v) is 11.8. The number of anilines is 1. The third-order valence-corrected chi connectivity index (χ3v) is 8.85. The van der Waals surface area contributed by atoms with Gasteiger partial charge in [0, 0.05) is 36.3 Å². The summed E-state index contributed by atoms with van der Waals surface area (Å²) in [6, 6.07) is 6.35. The van der Waals surface area contributed by atoms with Gasteiger partial charge in [0.2, 0.25) is 0 Å². The van der Waals surface area contributed by atoms with Gasteiger partial charge in [0.25, 0.3) is 0 Å². The van der Waals surface area contributed by atoms with Crippen molar-refractivity contribution in [1.29, 1.82) is 0 Å². The van der Waals surface area contributed by atoms with Crippen LogP contribution in [0.3, 0.4) is 0 Å². The molecule has 4 heterocycles. The maximum absolute atomic E-state index is 10.9. The molecule has 4 atom stereocenters. The number of hydrogen-bond acceptors (Lipinski definition) is 8. The van der Waals surface area contributed by atoms with Crippen molar-refractivity contribution in [2.45, 2.75) is 83.1 Å². The second-order valence-electron chi connectivity index (χ2n) is 11.4. The monoisotopic (exact) mass is 553 g/mol. The van der Waals surface area contributed by atoms with Gasteiger partial charge in [-0.3, -0.25) is 9.47 Å². The van der Waals surface area contributed by atoms with Crippen LogP contribution < -0.4 is 5.73 Å². The third kappa shape index (κ3) is 4.89. The molecule has 0 amide bonds. The summed E-state index contributed by atoms with van der Waals surface area (Å²) < 4.78 is 7.89. The molecule has 1 aromatic carbocycles. The summed E-state index contributed by atoms with van der Waals surface area (Å²) in [5.74, 6) is 1.62. The van der Waals surface area contributed by atoms with Gasteiger partial charge in [-0.15, -0.1) is 0 Å². The Morgan fingerprint density at radius 1 is 1.23 bits per heavy atom. The Morgan fingerprint density at radius 3 is 2.79 bits per heavy atom. The number of nitrogen functional groups attached to an aromatic ring is 1. The highest BCUT2D eigenvalue weighted by Gasteiger charge is 2.46. The van der Waals surface area contributed by atoms with Crippen LogP contribution in [0.5, 0.6) is 0 Å². The molecule has 11 heteroatoms. The zero-order chi connectivity index (χ0) is 27.4. The smallest absolute Gasteiger partial charge is 0.165 e. The zero-order valence-corrected chi connectivity index (χ0v) is 23.2. The Bertz CT molecular complexity index is 1440. The van der Waals surface area contributed by atoms with Crippen LogP contribution in [0.15, 0.2) is 30.7 Å². The molecule has 3 aromatic heterocycles. The topological polar surface area (TPSA) is 138 Å². The van der Waals surface area contributed by atoms with Crippen molar-refractivity contribution >= 4 is 39.5 Å². The van der Waals surface area contributed by atoms with Crippen molar-refractivity contribution in [2.24, 2.45) is 5.92 Å². The summed E-state index contributed by atoms with van der Waals surface area (Å²) in [7, 11) is 0. The van der Waals surface area contributed by atoms with Gasteiger partial charge >= 0.3 is 0 Å². The number of fused-ring (bicyclic) bond motifs is 2. The molecule has 0 spiro atoms. The number of halogens is 1. The predicted molar refractivity (Wildman–Crippen MR) is 150 cm³/mol. The average Bonchev–Trinajstić information content (AvgIpc) is 3.55. The van der Waals surface area contributed by atoms with Crippen molar-refractivity contribution in [3.05, 3.63) is 47.1 Å². The lowest BCUT2D eigenvalue weighted by atomic mass is 9.76. The molecular formula is C28H36ClN7O3. The van der Waals surface area contributed by atoms with E-state index >= 15 is 0 Å². The fourth-order valence-electron chi connectivity index (χ4n) is 6.10. The molecule has 2 aliphatic rings. The summed E-state index contributed by atoms with van der Waals surface area (Å²) in [6.07, 6.45) is 3.89. The average molecular weight is 554 g/mol. The molecule has 1 aliphatic carbocycles. The summed E-state index contributed by atoms with van der Waals surface area (Å²) in [5, 5.41) is 22.5. The number of aromatic nitrogens is 5. The normalized spacial score (nSPS) is 27.3. The Morgan fingerprint density at radius 2 is 2.03 bits per heavy atom. The van der Waals surface area contributed by atoms with Crippen LogP contribution in [0.2, 0.25) is 5.02 Å². The minimum atomic E-state index is -1.10. The van der Waals surface area contributed by atoms with E-state index in [1.807, 2.05) is 13.0 Å². The van der Waals surface area contributed by atoms with E-state index in [1.165, 1.54) is 0 Å². The van der Waals surface area contributed by atoms with Crippen molar-refractivity contribution in [2.75, 3.05) is 12.3 Å². The molecule has 10 nitrogen and oxygen atoms in total. The Hall–Kier alpha value is -2.76. The maximum Gasteiger partial charge on any atom is 0.165 e. The molecule has 0 bridgehead atoms. The molecule has 5 N–H and O–H groups in total. The number of nitrogens with one attached hydrogen (secondary N) is 1. The molecule has 2 fully saturated rings. The number of aromatic amines is 1. The zero-order valence-electron chi connectivity index (χ0n) is 22.5. The number of nitrogens with zero attached hydrogens (tertiary/aromatic N) is 5. The fraction of sp³-hybridized carbons (Fsp3) is 0.536. The SMILES string of the molecule is Cc1cc2[nH]c(CC[C@H]3C[C@@H](N(C[C@H]4O[C@@H](n5cnc6c(N)ccnc65)[C@H](O)[C@@H]4O)C(C)C)C3)nc2cc1Cl. The van der Waals surface area contributed by atoms with Gasteiger partial charge in [0.1, 0.15) is 29.7 Å². The Kier molecular flexibility index (Phi) is 7.01. The summed E-state index contributed by atoms with van der Waals surface area (Å²) in [4.78, 5) is 19.3. The number of aryl methyl sites for hydroxylation is 2. The van der Waals surface area contributed by atoms with E-state index < -0.39 is 24.5 Å². The number of hydrogen-bond donors (Lipinski definition) is 4. The minimum absolute atomic E-state index is 0.279. The van der Waals surface area contributed by atoms with Gasteiger partial charge in [0.15, 0.2) is 11.9 Å². The molecule has 39 heavy (non-hydrogen) atoms. The van der Waals surface area contributed by atoms with Crippen molar-refractivity contribution in [3.8, 4) is 0 Å². The van der Waals surface area contributed by atoms with Gasteiger partial charge < -0.3 is 25.7 Å². The first kappa shape index (κ1) is 26.5. The lowest BCUT2D eigenvalue weighted by Gasteiger charge is -2.46. The van der Waals surface area contributed by atoms with Crippen LogP contribution in [0.25, 0.3) is 22.2 Å². The molecule has 4 aromatic rings. The third-order valence-electron chi connectivity index (χ3n) is 8.44. The highest BCUT2D eigenvalue weighted by Crippen LogP contribution is 2.38. The molecule has 6 rings (SSSR count). The molecule has 0 unspecified atom stereocenters. The maximum atomic E-state index is 10.9. The highest BCUT2D eigenvalue weighted by atomic mass is 35.5. The second kappa shape index (κ2) is 10.3. The quantitative estimate of drug-likeness (QED) is 0.260. The van der Waals surface area contributed by atoms with E-state index in [1.54, 1.807) is 23.2 Å². The standard InChI is InChI=1S/C28H36ClN7O3/c1-14(2)35(17-9-16(10-17)4-5-23-33-20-8-15(3)18(29)11-21(20)34-23)12-22-25(37)26(38)28(39-22)36-13-32-24-19(30)6-7-31-27(24)36/h6-8,11,13-14,16-17,22,25-26,28,37-38H,4-5,9-10,12H2,1-3H3,(H2,30,31)(H,33,34)/t16-,17+,22-,25-,26-,28-/m1/s1. The number of nitrogens with two attached hydrogens (primary N) is 1. The van der Waals surface area contributed by atoms with Gasteiger partial charge in [0.05, 0.1) is 23.0 Å². The van der Waals surface area contributed by atoms with Crippen molar-refractivity contribution < 1.29 is 14.9 Å². The molecular weight excluding hydrogens is 518 g/mol. The van der Waals surface area contributed by atoms with E-state index in [-0.39, 0.29) is 6.04 Å². The number of benzene rings is 1. The first-order valence-electron chi connectivity index (χ1n) is 13.7. The molecule has 1 aliphatic heterocycles. The van der Waals surface area contributed by atoms with Crippen LogP contribution in [0.1, 0.15) is 50.7 Å². The minimum Gasteiger partial charge on any atom is -0.397 e. The number of aliphatic hydroxyl groups is 2. The number of rotatable bonds is 8. The highest BCUT2D eigenvalue weighted by molar-refractivity contribution is 6.32. The van der Waals surface area contributed by atoms with Crippen LogP contribution in [0, 0.1) is 12.8 Å². The van der Waals surface area contributed by atoms with Crippen LogP contribution in [-0.2, 0) is 11.2 Å². The number of ether oxygens (including phenoxy) is 1.